The van der Waals surface area contributed by atoms with Gasteiger partial charge in [-0.25, -0.2) is 0 Å². The molecule has 0 fully saturated rings. The van der Waals surface area contributed by atoms with Crippen LogP contribution in [-0.4, -0.2) is 12.0 Å². The maximum Gasteiger partial charge on any atom is 0.265 e. The summed E-state index contributed by atoms with van der Waals surface area (Å²) in [7, 11) is 0. The van der Waals surface area contributed by atoms with Crippen molar-refractivity contribution >= 4 is 34.8 Å². The molecule has 0 aliphatic heterocycles. The number of carbonyl (C=O) groups is 1. The van der Waals surface area contributed by atoms with Gasteiger partial charge in [-0.2, -0.15) is 0 Å². The second-order valence-electron chi connectivity index (χ2n) is 4.64. The van der Waals surface area contributed by atoms with Crippen LogP contribution in [0.3, 0.4) is 0 Å². The molecule has 2 aromatic carbocycles. The highest BCUT2D eigenvalue weighted by Gasteiger charge is 2.16. The molecule has 0 radical (unpaired) electrons. The van der Waals surface area contributed by atoms with Crippen LogP contribution in [0.4, 0.5) is 5.69 Å². The molecule has 0 saturated carbocycles. The number of rotatable bonds is 4. The number of carbonyl (C=O) groups excluding carboxylic acids is 1. The molecule has 0 heterocycles. The van der Waals surface area contributed by atoms with Gasteiger partial charge in [0.1, 0.15) is 5.75 Å². The van der Waals surface area contributed by atoms with Gasteiger partial charge < -0.3 is 10.1 Å². The van der Waals surface area contributed by atoms with Gasteiger partial charge in [0, 0.05) is 5.02 Å². The first-order chi connectivity index (χ1) is 9.97. The minimum absolute atomic E-state index is 0.275. The topological polar surface area (TPSA) is 38.3 Å². The average molecular weight is 324 g/mol. The second-order valence-corrected chi connectivity index (χ2v) is 5.48. The van der Waals surface area contributed by atoms with Gasteiger partial charge in [-0.1, -0.05) is 41.4 Å². The maximum atomic E-state index is 12.1. The highest BCUT2D eigenvalue weighted by molar-refractivity contribution is 6.36. The van der Waals surface area contributed by atoms with Crippen molar-refractivity contribution < 1.29 is 9.53 Å². The lowest BCUT2D eigenvalue weighted by Gasteiger charge is -2.16. The van der Waals surface area contributed by atoms with E-state index in [0.29, 0.717) is 21.5 Å². The van der Waals surface area contributed by atoms with E-state index < -0.39 is 6.10 Å². The molecule has 1 N–H and O–H groups in total. The van der Waals surface area contributed by atoms with Gasteiger partial charge in [0.05, 0.1) is 10.7 Å². The standard InChI is InChI=1S/C16H15Cl2NO2/c1-10-5-3-4-6-15(10)21-11(2)16(20)19-14-8-7-12(17)9-13(14)18/h3-9,11H,1-2H3,(H,19,20)/t11-/m1/s1. The van der Waals surface area contributed by atoms with E-state index in [2.05, 4.69) is 5.32 Å². The summed E-state index contributed by atoms with van der Waals surface area (Å²) in [6.45, 7) is 3.61. The Hall–Kier alpha value is -1.71. The molecule has 0 aliphatic rings. The summed E-state index contributed by atoms with van der Waals surface area (Å²) in [5.74, 6) is 0.407. The van der Waals surface area contributed by atoms with Gasteiger partial charge in [0.25, 0.3) is 5.91 Å². The first-order valence-corrected chi connectivity index (χ1v) is 7.21. The van der Waals surface area contributed by atoms with Crippen LogP contribution in [0.25, 0.3) is 0 Å². The van der Waals surface area contributed by atoms with Gasteiger partial charge in [0.15, 0.2) is 6.10 Å². The molecule has 110 valence electrons. The van der Waals surface area contributed by atoms with Crippen LogP contribution in [0, 0.1) is 6.92 Å². The Labute approximate surface area is 133 Å². The average Bonchev–Trinajstić information content (AvgIpc) is 2.44. The van der Waals surface area contributed by atoms with Crippen LogP contribution < -0.4 is 10.1 Å². The summed E-state index contributed by atoms with van der Waals surface area (Å²) >= 11 is 11.8. The number of halogens is 2. The molecule has 0 aromatic heterocycles. The maximum absolute atomic E-state index is 12.1. The molecule has 0 unspecified atom stereocenters. The van der Waals surface area contributed by atoms with Crippen molar-refractivity contribution in [2.45, 2.75) is 20.0 Å². The fourth-order valence-electron chi connectivity index (χ4n) is 1.76. The van der Waals surface area contributed by atoms with Crippen LogP contribution in [-0.2, 0) is 4.79 Å². The molecule has 3 nitrogen and oxygen atoms in total. The summed E-state index contributed by atoms with van der Waals surface area (Å²) < 4.78 is 5.66. The molecule has 0 aliphatic carbocycles. The fraction of sp³-hybridized carbons (Fsp3) is 0.188. The Kier molecular flexibility index (Phi) is 5.10. The Morgan fingerprint density at radius 3 is 2.57 bits per heavy atom. The van der Waals surface area contributed by atoms with Crippen LogP contribution in [0.15, 0.2) is 42.5 Å². The fourth-order valence-corrected chi connectivity index (χ4v) is 2.21. The predicted molar refractivity (Wildman–Crippen MR) is 86.4 cm³/mol. The Bertz CT molecular complexity index is 658. The lowest BCUT2D eigenvalue weighted by atomic mass is 10.2. The van der Waals surface area contributed by atoms with Crippen LogP contribution in [0.2, 0.25) is 10.0 Å². The smallest absolute Gasteiger partial charge is 0.265 e. The van der Waals surface area contributed by atoms with E-state index in [4.69, 9.17) is 27.9 Å². The molecule has 0 saturated heterocycles. The summed E-state index contributed by atoms with van der Waals surface area (Å²) in [6.07, 6.45) is -0.641. The van der Waals surface area contributed by atoms with Crippen LogP contribution >= 0.6 is 23.2 Å². The van der Waals surface area contributed by atoms with E-state index in [-0.39, 0.29) is 5.91 Å². The molecule has 2 aromatic rings. The predicted octanol–water partition coefficient (Wildman–Crippen LogP) is 4.71. The number of nitrogens with one attached hydrogen (secondary N) is 1. The van der Waals surface area contributed by atoms with E-state index >= 15 is 0 Å². The van der Waals surface area contributed by atoms with Crippen molar-refractivity contribution in [1.82, 2.24) is 0 Å². The highest BCUT2D eigenvalue weighted by atomic mass is 35.5. The Morgan fingerprint density at radius 2 is 1.90 bits per heavy atom. The van der Waals surface area contributed by atoms with E-state index in [0.717, 1.165) is 5.56 Å². The largest absolute Gasteiger partial charge is 0.481 e. The van der Waals surface area contributed by atoms with E-state index in [9.17, 15) is 4.79 Å². The quantitative estimate of drug-likeness (QED) is 0.885. The Balaban J connectivity index is 2.04. The zero-order valence-electron chi connectivity index (χ0n) is 11.7. The van der Waals surface area contributed by atoms with Crippen molar-refractivity contribution in [3.63, 3.8) is 0 Å². The normalized spacial score (nSPS) is 11.8. The number of hydrogen-bond acceptors (Lipinski definition) is 2. The number of ether oxygens (including phenoxy) is 1. The molecule has 2 rings (SSSR count). The van der Waals surface area contributed by atoms with Gasteiger partial charge >= 0.3 is 0 Å². The van der Waals surface area contributed by atoms with E-state index in [1.54, 1.807) is 25.1 Å². The highest BCUT2D eigenvalue weighted by Crippen LogP contribution is 2.26. The molecule has 1 atom stereocenters. The zero-order chi connectivity index (χ0) is 15.4. The number of para-hydroxylation sites is 1. The summed E-state index contributed by atoms with van der Waals surface area (Å²) in [5, 5.41) is 3.63. The van der Waals surface area contributed by atoms with E-state index in [1.807, 2.05) is 31.2 Å². The van der Waals surface area contributed by atoms with E-state index in [1.165, 1.54) is 0 Å². The molecular formula is C16H15Cl2NO2. The Morgan fingerprint density at radius 1 is 1.19 bits per heavy atom. The molecule has 0 bridgehead atoms. The van der Waals surface area contributed by atoms with Crippen molar-refractivity contribution in [1.29, 1.82) is 0 Å². The molecule has 21 heavy (non-hydrogen) atoms. The number of aryl methyl sites for hydroxylation is 1. The van der Waals surface area contributed by atoms with Crippen molar-refractivity contribution in [2.75, 3.05) is 5.32 Å². The number of hydrogen-bond donors (Lipinski definition) is 1. The summed E-state index contributed by atoms with van der Waals surface area (Å²) in [4.78, 5) is 12.1. The third-order valence-electron chi connectivity index (χ3n) is 2.96. The molecule has 1 amide bonds. The van der Waals surface area contributed by atoms with Crippen LogP contribution in [0.1, 0.15) is 12.5 Å². The van der Waals surface area contributed by atoms with Crippen molar-refractivity contribution in [3.8, 4) is 5.75 Å². The second kappa shape index (κ2) is 6.83. The summed E-state index contributed by atoms with van der Waals surface area (Å²) in [5.41, 5.74) is 1.48. The number of amides is 1. The SMILES string of the molecule is Cc1ccccc1O[C@H](C)C(=O)Nc1ccc(Cl)cc1Cl. The molecule has 0 spiro atoms. The van der Waals surface area contributed by atoms with Crippen molar-refractivity contribution in [2.24, 2.45) is 0 Å². The van der Waals surface area contributed by atoms with Crippen molar-refractivity contribution in [3.05, 3.63) is 58.1 Å². The molecule has 5 heteroatoms. The third kappa shape index (κ3) is 4.13. The first kappa shape index (κ1) is 15.7. The minimum Gasteiger partial charge on any atom is -0.481 e. The first-order valence-electron chi connectivity index (χ1n) is 6.45. The summed E-state index contributed by atoms with van der Waals surface area (Å²) in [6, 6.07) is 12.4. The number of anilines is 1. The van der Waals surface area contributed by atoms with Gasteiger partial charge in [-0.15, -0.1) is 0 Å². The zero-order valence-corrected chi connectivity index (χ0v) is 13.2. The lowest BCUT2D eigenvalue weighted by molar-refractivity contribution is -0.122. The van der Waals surface area contributed by atoms with Gasteiger partial charge in [0.2, 0.25) is 0 Å². The lowest BCUT2D eigenvalue weighted by Crippen LogP contribution is -2.30. The molecular weight excluding hydrogens is 309 g/mol. The minimum atomic E-state index is -0.641. The van der Waals surface area contributed by atoms with Gasteiger partial charge in [-0.3, -0.25) is 4.79 Å². The van der Waals surface area contributed by atoms with Gasteiger partial charge in [-0.05, 0) is 43.7 Å². The van der Waals surface area contributed by atoms with Crippen LogP contribution in [0.5, 0.6) is 5.75 Å². The number of benzene rings is 2. The third-order valence-corrected chi connectivity index (χ3v) is 3.50. The monoisotopic (exact) mass is 323 g/mol.